The number of aromatic nitrogens is 3. The van der Waals surface area contributed by atoms with Crippen LogP contribution in [0.4, 0.5) is 5.82 Å². The second kappa shape index (κ2) is 8.61. The second-order valence-corrected chi connectivity index (χ2v) is 7.02. The second-order valence-electron chi connectivity index (χ2n) is 7.02. The maximum absolute atomic E-state index is 5.99. The van der Waals surface area contributed by atoms with Crippen LogP contribution in [0.15, 0.2) is 42.7 Å². The first-order valence-electron chi connectivity index (χ1n) is 9.14. The van der Waals surface area contributed by atoms with Crippen LogP contribution in [0, 0.1) is 0 Å². The molecular weight excluding hydrogens is 360 g/mol. The Morgan fingerprint density at radius 2 is 1.85 bits per heavy atom. The van der Waals surface area contributed by atoms with Gasteiger partial charge in [0, 0.05) is 24.2 Å². The molecule has 0 unspecified atom stereocenters. The van der Waals surface area contributed by atoms with Crippen LogP contribution < -0.4 is 16.8 Å². The van der Waals surface area contributed by atoms with Crippen molar-refractivity contribution in [3.05, 3.63) is 48.3 Å². The fourth-order valence-corrected chi connectivity index (χ4v) is 3.55. The lowest BCUT2D eigenvalue weighted by Crippen LogP contribution is -2.37. The Hall–Kier alpha value is -2.28. The van der Waals surface area contributed by atoms with Crippen molar-refractivity contribution in [3.8, 4) is 11.3 Å². The third kappa shape index (κ3) is 4.53. The predicted molar refractivity (Wildman–Crippen MR) is 112 cm³/mol. The van der Waals surface area contributed by atoms with Crippen molar-refractivity contribution in [3.63, 3.8) is 0 Å². The molecule has 4 rings (SSSR count). The van der Waals surface area contributed by atoms with Gasteiger partial charge in [-0.25, -0.2) is 15.0 Å². The van der Waals surface area contributed by atoms with E-state index in [1.165, 1.54) is 11.9 Å². The van der Waals surface area contributed by atoms with E-state index in [2.05, 4.69) is 44.5 Å². The number of pyridine rings is 1. The minimum atomic E-state index is 0. The highest BCUT2D eigenvalue weighted by Crippen LogP contribution is 2.23. The molecule has 142 valence electrons. The van der Waals surface area contributed by atoms with Crippen molar-refractivity contribution >= 4 is 29.3 Å². The summed E-state index contributed by atoms with van der Waals surface area (Å²) >= 11 is 0. The van der Waals surface area contributed by atoms with E-state index in [0.717, 1.165) is 49.0 Å². The van der Waals surface area contributed by atoms with Gasteiger partial charge in [0.15, 0.2) is 5.82 Å². The van der Waals surface area contributed by atoms with E-state index < -0.39 is 0 Å². The third-order valence-electron chi connectivity index (χ3n) is 5.10. The van der Waals surface area contributed by atoms with Crippen molar-refractivity contribution < 1.29 is 0 Å². The van der Waals surface area contributed by atoms with Gasteiger partial charge in [-0.05, 0) is 49.4 Å². The molecular formula is C20H25ClN6. The van der Waals surface area contributed by atoms with Crippen LogP contribution in [0.1, 0.15) is 31.2 Å². The predicted octanol–water partition coefficient (Wildman–Crippen LogP) is 3.06. The van der Waals surface area contributed by atoms with Gasteiger partial charge in [-0.3, -0.25) is 0 Å². The average molecular weight is 385 g/mol. The maximum Gasteiger partial charge on any atom is 0.153 e. The van der Waals surface area contributed by atoms with Gasteiger partial charge in [-0.2, -0.15) is 0 Å². The molecule has 5 N–H and O–H groups in total. The molecule has 27 heavy (non-hydrogen) atoms. The minimum absolute atomic E-state index is 0. The van der Waals surface area contributed by atoms with Gasteiger partial charge < -0.3 is 16.8 Å². The highest BCUT2D eigenvalue weighted by Gasteiger charge is 2.17. The molecule has 0 bridgehead atoms. The number of anilines is 1. The molecule has 0 amide bonds. The fourth-order valence-electron chi connectivity index (χ4n) is 3.55. The molecule has 0 atom stereocenters. The van der Waals surface area contributed by atoms with Crippen molar-refractivity contribution in [1.29, 1.82) is 0 Å². The van der Waals surface area contributed by atoms with Crippen LogP contribution in [0.5, 0.6) is 0 Å². The first-order chi connectivity index (χ1) is 12.7. The Balaban J connectivity index is 0.00000210. The van der Waals surface area contributed by atoms with Gasteiger partial charge in [0.25, 0.3) is 0 Å². The van der Waals surface area contributed by atoms with Gasteiger partial charge >= 0.3 is 0 Å². The number of nitrogens with zero attached hydrogens (tertiary/aromatic N) is 3. The topological polar surface area (TPSA) is 103 Å². The zero-order valence-corrected chi connectivity index (χ0v) is 16.0. The van der Waals surface area contributed by atoms with E-state index in [-0.39, 0.29) is 12.4 Å². The number of hydrogen-bond donors (Lipinski definition) is 3. The number of benzene rings is 1. The maximum atomic E-state index is 5.99. The molecule has 2 heterocycles. The van der Waals surface area contributed by atoms with E-state index in [9.17, 15) is 0 Å². The summed E-state index contributed by atoms with van der Waals surface area (Å²) in [5.41, 5.74) is 16.5. The summed E-state index contributed by atoms with van der Waals surface area (Å²) in [5, 5.41) is 3.66. The van der Waals surface area contributed by atoms with Crippen molar-refractivity contribution in [2.75, 3.05) is 5.73 Å². The average Bonchev–Trinajstić information content (AvgIpc) is 2.68. The molecule has 7 heteroatoms. The van der Waals surface area contributed by atoms with Crippen LogP contribution in [0.2, 0.25) is 0 Å². The zero-order valence-electron chi connectivity index (χ0n) is 15.1. The number of nitrogens with two attached hydrogens (primary N) is 2. The molecule has 1 aliphatic carbocycles. The molecule has 1 fully saturated rings. The number of rotatable bonds is 4. The van der Waals surface area contributed by atoms with Gasteiger partial charge in [-0.1, -0.05) is 18.2 Å². The number of nitrogen functional groups attached to an aromatic ring is 1. The summed E-state index contributed by atoms with van der Waals surface area (Å²) < 4.78 is 0. The third-order valence-corrected chi connectivity index (χ3v) is 5.10. The highest BCUT2D eigenvalue weighted by molar-refractivity contribution is 5.86. The fraction of sp³-hybridized carbons (Fsp3) is 0.350. The van der Waals surface area contributed by atoms with E-state index in [4.69, 9.17) is 11.5 Å². The van der Waals surface area contributed by atoms with Crippen LogP contribution >= 0.6 is 12.4 Å². The van der Waals surface area contributed by atoms with Crippen LogP contribution in [-0.4, -0.2) is 27.0 Å². The van der Waals surface area contributed by atoms with Crippen LogP contribution in [-0.2, 0) is 6.54 Å². The smallest absolute Gasteiger partial charge is 0.153 e. The number of fused-ring (bicyclic) bond motifs is 1. The molecule has 1 aliphatic rings. The van der Waals surface area contributed by atoms with Crippen molar-refractivity contribution in [2.24, 2.45) is 5.73 Å². The Labute approximate surface area is 165 Å². The SMILES string of the molecule is Cl.Nc1ncnc2ccc(-c3cccc(CNC4CCC(N)CC4)c3)nc12. The molecule has 0 saturated heterocycles. The summed E-state index contributed by atoms with van der Waals surface area (Å²) in [7, 11) is 0. The molecule has 2 aromatic heterocycles. The Morgan fingerprint density at radius 3 is 2.67 bits per heavy atom. The molecule has 3 aromatic rings. The van der Waals surface area contributed by atoms with Gasteiger partial charge in [0.1, 0.15) is 11.8 Å². The van der Waals surface area contributed by atoms with E-state index in [1.54, 1.807) is 0 Å². The van der Waals surface area contributed by atoms with Crippen LogP contribution in [0.25, 0.3) is 22.3 Å². The Morgan fingerprint density at radius 1 is 1.04 bits per heavy atom. The number of halogens is 1. The van der Waals surface area contributed by atoms with E-state index in [1.807, 2.05) is 12.1 Å². The molecule has 0 spiro atoms. The summed E-state index contributed by atoms with van der Waals surface area (Å²) in [4.78, 5) is 12.9. The lowest BCUT2D eigenvalue weighted by molar-refractivity contribution is 0.342. The summed E-state index contributed by atoms with van der Waals surface area (Å²) in [5.74, 6) is 0.408. The van der Waals surface area contributed by atoms with Crippen molar-refractivity contribution in [2.45, 2.75) is 44.3 Å². The first-order valence-corrected chi connectivity index (χ1v) is 9.14. The molecule has 1 aromatic carbocycles. The van der Waals surface area contributed by atoms with Gasteiger partial charge in [0.2, 0.25) is 0 Å². The van der Waals surface area contributed by atoms with Crippen molar-refractivity contribution in [1.82, 2.24) is 20.3 Å². The van der Waals surface area contributed by atoms with E-state index >= 15 is 0 Å². The Bertz CT molecular complexity index is 908. The molecule has 0 aliphatic heterocycles. The normalized spacial score (nSPS) is 19.6. The zero-order chi connectivity index (χ0) is 17.9. The summed E-state index contributed by atoms with van der Waals surface area (Å²) in [6, 6.07) is 13.3. The van der Waals surface area contributed by atoms with E-state index in [0.29, 0.717) is 23.4 Å². The monoisotopic (exact) mass is 384 g/mol. The van der Waals surface area contributed by atoms with Gasteiger partial charge in [-0.15, -0.1) is 12.4 Å². The number of nitrogens with one attached hydrogen (secondary N) is 1. The summed E-state index contributed by atoms with van der Waals surface area (Å²) in [6.45, 7) is 0.854. The minimum Gasteiger partial charge on any atom is -0.382 e. The summed E-state index contributed by atoms with van der Waals surface area (Å²) in [6.07, 6.45) is 6.01. The lowest BCUT2D eigenvalue weighted by Gasteiger charge is -2.27. The van der Waals surface area contributed by atoms with Crippen LogP contribution in [0.3, 0.4) is 0 Å². The molecule has 1 saturated carbocycles. The molecule has 0 radical (unpaired) electrons. The van der Waals surface area contributed by atoms with Gasteiger partial charge in [0.05, 0.1) is 11.2 Å². The Kier molecular flexibility index (Phi) is 6.21. The first kappa shape index (κ1) is 19.5. The molecule has 6 nitrogen and oxygen atoms in total. The largest absolute Gasteiger partial charge is 0.382 e. The number of hydrogen-bond acceptors (Lipinski definition) is 6. The highest BCUT2D eigenvalue weighted by atomic mass is 35.5. The standard InChI is InChI=1S/C20H24N6.ClH/c21-15-4-6-16(7-5-15)23-11-13-2-1-3-14(10-13)17-8-9-18-19(26-17)20(22)25-12-24-18;/h1-3,8-10,12,15-16,23H,4-7,11,21H2,(H2,22,24,25);1H. The lowest BCUT2D eigenvalue weighted by atomic mass is 9.91. The quantitative estimate of drug-likeness (QED) is 0.638.